The molecule has 4 aromatic carbocycles. The second-order valence-corrected chi connectivity index (χ2v) is 16.6. The molecule has 10 nitrogen and oxygen atoms in total. The van der Waals surface area contributed by atoms with Crippen LogP contribution < -0.4 is 19.1 Å². The first-order chi connectivity index (χ1) is 30.5. The molecule has 5 aromatic rings. The number of nitrogens with zero attached hydrogens (tertiary/aromatic N) is 4. The number of ether oxygens (including phenoxy) is 4. The number of hydrogen-bond donors (Lipinski definition) is 0. The predicted molar refractivity (Wildman–Crippen MR) is 251 cm³/mol. The molecule has 2 amide bonds. The minimum absolute atomic E-state index is 0.0716. The summed E-state index contributed by atoms with van der Waals surface area (Å²) < 4.78 is 25.1. The second-order valence-electron chi connectivity index (χ2n) is 16.1. The quantitative estimate of drug-likeness (QED) is 0.0970. The Morgan fingerprint density at radius 2 is 1.63 bits per heavy atom. The fourth-order valence-electron chi connectivity index (χ4n) is 8.41. The van der Waals surface area contributed by atoms with E-state index in [1.807, 2.05) is 110 Å². The van der Waals surface area contributed by atoms with Crippen molar-refractivity contribution >= 4 is 29.1 Å². The van der Waals surface area contributed by atoms with Gasteiger partial charge in [-0.15, -0.1) is 0 Å². The number of fused-ring (bicyclic) bond motifs is 1. The van der Waals surface area contributed by atoms with E-state index in [4.69, 9.17) is 30.5 Å². The molecule has 1 aromatic heterocycles. The molecule has 2 aliphatic heterocycles. The summed E-state index contributed by atoms with van der Waals surface area (Å²) in [7, 11) is 5.11. The predicted octanol–water partition coefficient (Wildman–Crippen LogP) is 9.79. The number of methoxy groups -OCH3 is 2. The van der Waals surface area contributed by atoms with Crippen LogP contribution in [0.15, 0.2) is 121 Å². The van der Waals surface area contributed by atoms with E-state index in [1.165, 1.54) is 5.56 Å². The number of anilines is 1. The molecule has 0 radical (unpaired) electrons. The van der Waals surface area contributed by atoms with E-state index in [9.17, 15) is 0 Å². The van der Waals surface area contributed by atoms with Gasteiger partial charge in [0.2, 0.25) is 0 Å². The lowest BCUT2D eigenvalue weighted by atomic mass is 9.92. The smallest absolute Gasteiger partial charge is 0.260 e. The highest BCUT2D eigenvalue weighted by Gasteiger charge is 2.35. The fourth-order valence-corrected chi connectivity index (χ4v) is 8.65. The normalized spacial score (nSPS) is 15.6. The van der Waals surface area contributed by atoms with Crippen molar-refractivity contribution in [1.82, 2.24) is 14.4 Å². The van der Waals surface area contributed by atoms with Crippen LogP contribution in [0.5, 0.6) is 17.2 Å². The van der Waals surface area contributed by atoms with Crippen LogP contribution >= 0.6 is 11.6 Å². The lowest BCUT2D eigenvalue weighted by Crippen LogP contribution is -2.52. The summed E-state index contributed by atoms with van der Waals surface area (Å²) in [4.78, 5) is 36.5. The number of carbonyl (C=O) groups excluding carboxylic acids is 2. The molecule has 0 aliphatic carbocycles. The first-order valence-corrected chi connectivity index (χ1v) is 21.7. The molecule has 1 fully saturated rings. The summed E-state index contributed by atoms with van der Waals surface area (Å²) in [6.07, 6.45) is 8.24. The number of benzene rings is 4. The van der Waals surface area contributed by atoms with Gasteiger partial charge >= 0.3 is 0 Å². The monoisotopic (exact) mass is 868 g/mol. The largest absolute Gasteiger partial charge is 0.496 e. The van der Waals surface area contributed by atoms with Crippen molar-refractivity contribution in [2.45, 2.75) is 46.3 Å². The molecule has 0 N–H and O–H groups in total. The van der Waals surface area contributed by atoms with Crippen LogP contribution in [0.25, 0.3) is 11.3 Å². The number of carbonyl (C=O) groups is 2. The second kappa shape index (κ2) is 20.4. The number of hydrogen-bond acceptors (Lipinski definition) is 7. The van der Waals surface area contributed by atoms with Gasteiger partial charge in [0.05, 0.1) is 50.1 Å². The average molecular weight is 870 g/mol. The molecule has 3 heterocycles. The minimum atomic E-state index is -0.205. The zero-order chi connectivity index (χ0) is 44.6. The maximum atomic E-state index is 15.2. The Morgan fingerprint density at radius 1 is 0.905 bits per heavy atom. The number of rotatable bonds is 15. The van der Waals surface area contributed by atoms with E-state index in [-0.39, 0.29) is 24.4 Å². The molecule has 63 heavy (non-hydrogen) atoms. The van der Waals surface area contributed by atoms with Crippen LogP contribution in [0.4, 0.5) is 5.69 Å². The van der Waals surface area contributed by atoms with E-state index < -0.39 is 0 Å². The topological polar surface area (TPSA) is 85.7 Å². The third-order valence-electron chi connectivity index (χ3n) is 12.2. The number of amides is 2. The maximum absolute atomic E-state index is 15.2. The highest BCUT2D eigenvalue weighted by atomic mass is 35.5. The molecule has 328 valence electrons. The Balaban J connectivity index is 1.26. The van der Waals surface area contributed by atoms with E-state index in [1.54, 1.807) is 37.3 Å². The number of halogens is 1. The van der Waals surface area contributed by atoms with Crippen molar-refractivity contribution in [2.75, 3.05) is 58.6 Å². The molecule has 1 atom stereocenters. The average Bonchev–Trinajstić information content (AvgIpc) is 3.60. The van der Waals surface area contributed by atoms with Crippen LogP contribution in [0, 0.1) is 13.8 Å². The van der Waals surface area contributed by atoms with E-state index in [0.29, 0.717) is 71.0 Å². The van der Waals surface area contributed by atoms with Crippen LogP contribution in [0.2, 0.25) is 5.02 Å². The van der Waals surface area contributed by atoms with Gasteiger partial charge in [-0.25, -0.2) is 0 Å². The van der Waals surface area contributed by atoms with Crippen LogP contribution in [0.3, 0.4) is 0 Å². The van der Waals surface area contributed by atoms with Gasteiger partial charge in [-0.3, -0.25) is 14.5 Å². The highest BCUT2D eigenvalue weighted by Crippen LogP contribution is 2.38. The first-order valence-electron chi connectivity index (χ1n) is 21.3. The zero-order valence-electron chi connectivity index (χ0n) is 37.2. The molecule has 0 spiro atoms. The van der Waals surface area contributed by atoms with Crippen molar-refractivity contribution in [3.63, 3.8) is 0 Å². The molecular formula is C52H57ClN4O6. The third kappa shape index (κ3) is 10.1. The van der Waals surface area contributed by atoms with Gasteiger partial charge in [-0.2, -0.15) is 0 Å². The number of morpholine rings is 1. The molecule has 0 saturated carbocycles. The summed E-state index contributed by atoms with van der Waals surface area (Å²) >= 11 is 6.89. The van der Waals surface area contributed by atoms with E-state index in [2.05, 4.69) is 29.7 Å². The van der Waals surface area contributed by atoms with Crippen molar-refractivity contribution in [3.8, 4) is 28.5 Å². The van der Waals surface area contributed by atoms with Crippen LogP contribution in [-0.2, 0) is 31.3 Å². The van der Waals surface area contributed by atoms with Gasteiger partial charge in [-0.05, 0) is 104 Å². The molecular weight excluding hydrogens is 812 g/mol. The van der Waals surface area contributed by atoms with Gasteiger partial charge in [0, 0.05) is 61.9 Å². The summed E-state index contributed by atoms with van der Waals surface area (Å²) in [5.41, 5.74) is 8.97. The van der Waals surface area contributed by atoms with Gasteiger partial charge in [0.15, 0.2) is 0 Å². The van der Waals surface area contributed by atoms with Gasteiger partial charge < -0.3 is 33.3 Å². The third-order valence-corrected chi connectivity index (χ3v) is 12.5. The summed E-state index contributed by atoms with van der Waals surface area (Å²) in [6, 6.07) is 27.1. The van der Waals surface area contributed by atoms with Crippen molar-refractivity contribution < 1.29 is 28.5 Å². The van der Waals surface area contributed by atoms with E-state index in [0.717, 1.165) is 59.8 Å². The zero-order valence-corrected chi connectivity index (χ0v) is 37.9. The van der Waals surface area contributed by atoms with E-state index >= 15 is 9.59 Å². The Hall–Kier alpha value is -6.07. The van der Waals surface area contributed by atoms with Crippen molar-refractivity contribution in [2.24, 2.45) is 7.05 Å². The Morgan fingerprint density at radius 3 is 2.35 bits per heavy atom. The SMILES string of the molecule is C=C/C=C\C=C(/C)COc1ccc(N(Cc2cccc(OC)c2C)C(=O)c2cc(-c3cc(Cl)c(OC)cc3C(=O)N3Cc4ccccc4C[C@H]3CN3CCOCC3)n(C)c2C)cc1. The standard InChI is InChI=1S/C52H57ClN4O6/c1-8-9-10-14-35(2)34-63-43-21-19-41(20-22-43)56(31-39-17-13-18-49(60-6)36(39)3)51(58)44-29-48(54(5)37(44)4)45-28-47(53)50(61-7)30-46(45)52(59)57-32-40-16-12-11-15-38(40)27-42(57)33-55-23-25-62-26-24-55/h8-22,28-30,42H,1,23-27,31-34H2,2-7H3/b10-9-,35-14+/t42-/m0/s1. The Labute approximate surface area is 376 Å². The summed E-state index contributed by atoms with van der Waals surface area (Å²) in [5, 5.41) is 0.362. The molecule has 1 saturated heterocycles. The first kappa shape index (κ1) is 45.0. The van der Waals surface area contributed by atoms with Gasteiger partial charge in [0.25, 0.3) is 11.8 Å². The molecule has 0 unspecified atom stereocenters. The summed E-state index contributed by atoms with van der Waals surface area (Å²) in [6.45, 7) is 14.5. The van der Waals surface area contributed by atoms with Crippen molar-refractivity contribution in [1.29, 1.82) is 0 Å². The molecule has 11 heteroatoms. The van der Waals surface area contributed by atoms with Crippen LogP contribution in [-0.4, -0.2) is 85.9 Å². The van der Waals surface area contributed by atoms with Gasteiger partial charge in [0.1, 0.15) is 23.9 Å². The Bertz CT molecular complexity index is 2520. The Kier molecular flexibility index (Phi) is 14.6. The lowest BCUT2D eigenvalue weighted by Gasteiger charge is -2.40. The number of aromatic nitrogens is 1. The van der Waals surface area contributed by atoms with Crippen LogP contribution in [0.1, 0.15) is 55.6 Å². The molecule has 2 aliphatic rings. The number of allylic oxidation sites excluding steroid dienone is 4. The maximum Gasteiger partial charge on any atom is 0.260 e. The lowest BCUT2D eigenvalue weighted by molar-refractivity contribution is 0.0193. The van der Waals surface area contributed by atoms with Gasteiger partial charge in [-0.1, -0.05) is 78.9 Å². The fraction of sp³-hybridized carbons (Fsp3) is 0.308. The molecule has 7 rings (SSSR count). The minimum Gasteiger partial charge on any atom is -0.496 e. The summed E-state index contributed by atoms with van der Waals surface area (Å²) in [5.74, 6) is 1.49. The highest BCUT2D eigenvalue weighted by molar-refractivity contribution is 6.32. The van der Waals surface area contributed by atoms with Crippen molar-refractivity contribution in [3.05, 3.63) is 165 Å². The molecule has 0 bridgehead atoms.